The van der Waals surface area contributed by atoms with Crippen LogP contribution in [0.5, 0.6) is 11.5 Å². The van der Waals surface area contributed by atoms with Crippen LogP contribution in [0, 0.1) is 6.92 Å². The Morgan fingerprint density at radius 2 is 2.05 bits per heavy atom. The molecule has 5 nitrogen and oxygen atoms in total. The molecule has 22 heavy (non-hydrogen) atoms. The van der Waals surface area contributed by atoms with Gasteiger partial charge in [0, 0.05) is 22.3 Å². The van der Waals surface area contributed by atoms with Crippen molar-refractivity contribution in [2.75, 3.05) is 5.32 Å². The first-order chi connectivity index (χ1) is 10.5. The summed E-state index contributed by atoms with van der Waals surface area (Å²) in [5.74, 6) is -0.0914. The lowest BCUT2D eigenvalue weighted by atomic mass is 10.2. The maximum absolute atomic E-state index is 9.62. The van der Waals surface area contributed by atoms with Crippen LogP contribution in [0.2, 0.25) is 5.02 Å². The highest BCUT2D eigenvalue weighted by Gasteiger charge is 2.03. The molecule has 0 spiro atoms. The second-order valence-corrected chi connectivity index (χ2v) is 5.30. The quantitative estimate of drug-likeness (QED) is 0.393. The molecule has 0 fully saturated rings. The van der Waals surface area contributed by atoms with Crippen LogP contribution in [0.15, 0.2) is 41.5 Å². The SMILES string of the molecule is Cc1c(Cl)cccc1NC(=S)N/N=C/c1ccc(O)cc1O. The lowest BCUT2D eigenvalue weighted by Gasteiger charge is -2.10. The summed E-state index contributed by atoms with van der Waals surface area (Å²) in [5, 5.41) is 26.7. The van der Waals surface area contributed by atoms with Gasteiger partial charge in [-0.15, -0.1) is 0 Å². The zero-order valence-electron chi connectivity index (χ0n) is 11.7. The Labute approximate surface area is 138 Å². The van der Waals surface area contributed by atoms with Crippen molar-refractivity contribution in [3.05, 3.63) is 52.5 Å². The Kier molecular flexibility index (Phi) is 5.19. The van der Waals surface area contributed by atoms with Crippen molar-refractivity contribution >= 4 is 40.8 Å². The summed E-state index contributed by atoms with van der Waals surface area (Å²) in [4.78, 5) is 0. The average Bonchev–Trinajstić information content (AvgIpc) is 2.46. The number of benzene rings is 2. The molecule has 0 aliphatic heterocycles. The minimum Gasteiger partial charge on any atom is -0.508 e. The van der Waals surface area contributed by atoms with Crippen molar-refractivity contribution in [3.63, 3.8) is 0 Å². The number of nitrogens with zero attached hydrogens (tertiary/aromatic N) is 1. The van der Waals surface area contributed by atoms with Gasteiger partial charge in [0.15, 0.2) is 5.11 Å². The number of thiocarbonyl (C=S) groups is 1. The molecule has 0 saturated carbocycles. The van der Waals surface area contributed by atoms with Crippen LogP contribution in [0.3, 0.4) is 0 Å². The van der Waals surface area contributed by atoms with E-state index in [9.17, 15) is 10.2 Å². The van der Waals surface area contributed by atoms with Gasteiger partial charge in [0.1, 0.15) is 11.5 Å². The molecule has 0 aromatic heterocycles. The molecule has 0 atom stereocenters. The number of hydrogen-bond acceptors (Lipinski definition) is 4. The van der Waals surface area contributed by atoms with E-state index in [1.165, 1.54) is 24.4 Å². The number of halogens is 1. The third kappa shape index (κ3) is 4.09. The molecule has 2 aromatic rings. The van der Waals surface area contributed by atoms with E-state index >= 15 is 0 Å². The molecule has 7 heteroatoms. The van der Waals surface area contributed by atoms with E-state index in [4.69, 9.17) is 23.8 Å². The Morgan fingerprint density at radius 3 is 2.77 bits per heavy atom. The maximum Gasteiger partial charge on any atom is 0.191 e. The van der Waals surface area contributed by atoms with Gasteiger partial charge in [-0.3, -0.25) is 5.43 Å². The highest BCUT2D eigenvalue weighted by Crippen LogP contribution is 2.23. The van der Waals surface area contributed by atoms with Crippen molar-refractivity contribution in [1.82, 2.24) is 5.43 Å². The number of nitrogens with one attached hydrogen (secondary N) is 2. The summed E-state index contributed by atoms with van der Waals surface area (Å²) >= 11 is 11.2. The van der Waals surface area contributed by atoms with Crippen LogP contribution in [-0.2, 0) is 0 Å². The molecule has 0 aliphatic rings. The van der Waals surface area contributed by atoms with Gasteiger partial charge < -0.3 is 15.5 Å². The second-order valence-electron chi connectivity index (χ2n) is 4.48. The Balaban J connectivity index is 1.98. The molecule has 0 radical (unpaired) electrons. The van der Waals surface area contributed by atoms with Crippen LogP contribution >= 0.6 is 23.8 Å². The first kappa shape index (κ1) is 16.1. The number of hydrazone groups is 1. The van der Waals surface area contributed by atoms with E-state index < -0.39 is 0 Å². The first-order valence-electron chi connectivity index (χ1n) is 6.34. The van der Waals surface area contributed by atoms with Gasteiger partial charge in [0.2, 0.25) is 0 Å². The van der Waals surface area contributed by atoms with Crippen molar-refractivity contribution in [2.45, 2.75) is 6.92 Å². The summed E-state index contributed by atoms with van der Waals surface area (Å²) < 4.78 is 0. The molecular formula is C15H14ClN3O2S. The summed E-state index contributed by atoms with van der Waals surface area (Å²) in [7, 11) is 0. The van der Waals surface area contributed by atoms with Crippen molar-refractivity contribution in [1.29, 1.82) is 0 Å². The fraction of sp³-hybridized carbons (Fsp3) is 0.0667. The Hall–Kier alpha value is -2.31. The number of hydrogen-bond donors (Lipinski definition) is 4. The van der Waals surface area contributed by atoms with E-state index in [0.717, 1.165) is 11.3 Å². The summed E-state index contributed by atoms with van der Waals surface area (Å²) in [5.41, 5.74) is 4.76. The molecule has 0 bridgehead atoms. The van der Waals surface area contributed by atoms with E-state index in [-0.39, 0.29) is 11.5 Å². The number of rotatable bonds is 3. The third-order valence-corrected chi connectivity index (χ3v) is 3.50. The van der Waals surface area contributed by atoms with E-state index in [1.807, 2.05) is 19.1 Å². The van der Waals surface area contributed by atoms with Crippen molar-refractivity contribution < 1.29 is 10.2 Å². The molecule has 4 N–H and O–H groups in total. The molecular weight excluding hydrogens is 322 g/mol. The second kappa shape index (κ2) is 7.11. The number of phenols is 2. The monoisotopic (exact) mass is 335 g/mol. The fourth-order valence-electron chi connectivity index (χ4n) is 1.69. The van der Waals surface area contributed by atoms with Gasteiger partial charge in [0.25, 0.3) is 0 Å². The molecule has 0 aliphatic carbocycles. The van der Waals surface area contributed by atoms with Gasteiger partial charge >= 0.3 is 0 Å². The van der Waals surface area contributed by atoms with Gasteiger partial charge in [-0.05, 0) is 49.0 Å². The van der Waals surface area contributed by atoms with Gasteiger partial charge in [-0.2, -0.15) is 5.10 Å². The Bertz CT molecular complexity index is 735. The third-order valence-electron chi connectivity index (χ3n) is 2.90. The minimum atomic E-state index is -0.0740. The topological polar surface area (TPSA) is 76.9 Å². The molecule has 114 valence electrons. The first-order valence-corrected chi connectivity index (χ1v) is 7.13. The number of anilines is 1. The van der Waals surface area contributed by atoms with Crippen LogP contribution in [0.25, 0.3) is 0 Å². The molecule has 2 rings (SSSR count). The van der Waals surface area contributed by atoms with Crippen molar-refractivity contribution in [2.24, 2.45) is 5.10 Å². The molecule has 0 amide bonds. The largest absolute Gasteiger partial charge is 0.508 e. The van der Waals surface area contributed by atoms with Crippen molar-refractivity contribution in [3.8, 4) is 11.5 Å². The summed E-state index contributed by atoms with van der Waals surface area (Å²) in [6.07, 6.45) is 1.40. The van der Waals surface area contributed by atoms with Crippen LogP contribution in [0.4, 0.5) is 5.69 Å². The minimum absolute atomic E-state index is 0.0174. The molecule has 0 heterocycles. The zero-order valence-corrected chi connectivity index (χ0v) is 13.2. The molecule has 0 saturated heterocycles. The lowest BCUT2D eigenvalue weighted by molar-refractivity contribution is 0.450. The number of aromatic hydroxyl groups is 2. The van der Waals surface area contributed by atoms with Gasteiger partial charge in [-0.25, -0.2) is 0 Å². The van der Waals surface area contributed by atoms with Crippen LogP contribution in [0.1, 0.15) is 11.1 Å². The van der Waals surface area contributed by atoms with Gasteiger partial charge in [0.05, 0.1) is 6.21 Å². The number of phenolic OH excluding ortho intramolecular Hbond substituents is 2. The standard InChI is InChI=1S/C15H14ClN3O2S/c1-9-12(16)3-2-4-13(9)18-15(22)19-17-8-10-5-6-11(20)7-14(10)21/h2-8,20-21H,1H3,(H2,18,19,22)/b17-8+. The van der Waals surface area contributed by atoms with E-state index in [1.54, 1.807) is 6.07 Å². The van der Waals surface area contributed by atoms with Crippen LogP contribution in [-0.4, -0.2) is 21.5 Å². The smallest absolute Gasteiger partial charge is 0.191 e. The van der Waals surface area contributed by atoms with Crippen LogP contribution < -0.4 is 10.7 Å². The zero-order chi connectivity index (χ0) is 16.1. The average molecular weight is 336 g/mol. The Morgan fingerprint density at radius 1 is 1.27 bits per heavy atom. The summed E-state index contributed by atoms with van der Waals surface area (Å²) in [6.45, 7) is 1.88. The van der Waals surface area contributed by atoms with E-state index in [2.05, 4.69) is 15.8 Å². The lowest BCUT2D eigenvalue weighted by Crippen LogP contribution is -2.24. The highest BCUT2D eigenvalue weighted by molar-refractivity contribution is 7.80. The fourth-order valence-corrected chi connectivity index (χ4v) is 2.03. The normalized spacial score (nSPS) is 10.6. The molecule has 0 unspecified atom stereocenters. The van der Waals surface area contributed by atoms with E-state index in [0.29, 0.717) is 15.7 Å². The highest BCUT2D eigenvalue weighted by atomic mass is 35.5. The molecule has 2 aromatic carbocycles. The maximum atomic E-state index is 9.62. The summed E-state index contributed by atoms with van der Waals surface area (Å²) in [6, 6.07) is 9.68. The predicted molar refractivity (Wildman–Crippen MR) is 92.9 cm³/mol. The van der Waals surface area contributed by atoms with Gasteiger partial charge in [-0.1, -0.05) is 17.7 Å². The predicted octanol–water partition coefficient (Wildman–Crippen LogP) is 3.38.